The summed E-state index contributed by atoms with van der Waals surface area (Å²) in [7, 11) is 0. The van der Waals surface area contributed by atoms with Gasteiger partial charge in [-0.25, -0.2) is 4.79 Å². The van der Waals surface area contributed by atoms with Gasteiger partial charge in [-0.3, -0.25) is 4.79 Å². The Morgan fingerprint density at radius 1 is 0.966 bits per heavy atom. The summed E-state index contributed by atoms with van der Waals surface area (Å²) in [4.78, 5) is 26.8. The molecule has 0 bridgehead atoms. The van der Waals surface area contributed by atoms with E-state index in [1.54, 1.807) is 19.1 Å². The van der Waals surface area contributed by atoms with Crippen LogP contribution in [0.3, 0.4) is 0 Å². The van der Waals surface area contributed by atoms with E-state index in [1.165, 1.54) is 6.92 Å². The van der Waals surface area contributed by atoms with Gasteiger partial charge in [0.2, 0.25) is 0 Å². The summed E-state index contributed by atoms with van der Waals surface area (Å²) >= 11 is 0. The van der Waals surface area contributed by atoms with Crippen LogP contribution in [0.15, 0.2) is 54.6 Å². The topological polar surface area (TPSA) is 77.1 Å². The van der Waals surface area contributed by atoms with E-state index in [-0.39, 0.29) is 0 Å². The monoisotopic (exact) mass is 398 g/mol. The molecular formula is C22H26N2O5. The minimum Gasteiger partial charge on any atom is -0.479 e. The number of esters is 1. The number of carbonyl (C=O) groups excluding carboxylic acids is 2. The minimum absolute atomic E-state index is 0.399. The molecule has 7 heteroatoms. The predicted octanol–water partition coefficient (Wildman–Crippen LogP) is 2.86. The number of nitrogens with zero attached hydrogens (tertiary/aromatic N) is 1. The van der Waals surface area contributed by atoms with E-state index in [0.717, 1.165) is 18.8 Å². The van der Waals surface area contributed by atoms with Gasteiger partial charge in [-0.2, -0.15) is 0 Å². The molecule has 1 saturated heterocycles. The van der Waals surface area contributed by atoms with Crippen LogP contribution in [0.4, 0.5) is 11.4 Å². The SMILES string of the molecule is C[C@@H](OC(=O)[C@@H](C)Oc1ccccc1)C(=O)Nc1ccc(N2CCOCC2)cc1. The fourth-order valence-corrected chi connectivity index (χ4v) is 2.90. The lowest BCUT2D eigenvalue weighted by Crippen LogP contribution is -2.36. The third-order valence-electron chi connectivity index (χ3n) is 4.56. The van der Waals surface area contributed by atoms with Crippen LogP contribution in [-0.2, 0) is 19.1 Å². The summed E-state index contributed by atoms with van der Waals surface area (Å²) in [5.41, 5.74) is 1.72. The summed E-state index contributed by atoms with van der Waals surface area (Å²) in [6.45, 7) is 6.25. The predicted molar refractivity (Wildman–Crippen MR) is 110 cm³/mol. The Hall–Kier alpha value is -3.06. The Morgan fingerprint density at radius 2 is 1.62 bits per heavy atom. The molecule has 7 nitrogen and oxygen atoms in total. The van der Waals surface area contributed by atoms with Gasteiger partial charge >= 0.3 is 5.97 Å². The summed E-state index contributed by atoms with van der Waals surface area (Å²) in [6.07, 6.45) is -1.76. The smallest absolute Gasteiger partial charge is 0.347 e. The molecular weight excluding hydrogens is 372 g/mol. The molecule has 0 saturated carbocycles. The molecule has 1 amide bonds. The van der Waals surface area contributed by atoms with Crippen LogP contribution >= 0.6 is 0 Å². The average Bonchev–Trinajstić information content (AvgIpc) is 2.75. The molecule has 1 heterocycles. The van der Waals surface area contributed by atoms with Gasteiger partial charge in [-0.1, -0.05) is 18.2 Å². The lowest BCUT2D eigenvalue weighted by molar-refractivity contribution is -0.159. The first-order chi connectivity index (χ1) is 14.0. The molecule has 3 rings (SSSR count). The number of carbonyl (C=O) groups is 2. The summed E-state index contributed by atoms with van der Waals surface area (Å²) in [5.74, 6) is -0.432. The average molecular weight is 398 g/mol. The van der Waals surface area contributed by atoms with E-state index in [0.29, 0.717) is 24.7 Å². The molecule has 0 aliphatic carbocycles. The normalized spacial score (nSPS) is 15.9. The van der Waals surface area contributed by atoms with Crippen molar-refractivity contribution in [3.8, 4) is 5.75 Å². The lowest BCUT2D eigenvalue weighted by Gasteiger charge is -2.29. The second kappa shape index (κ2) is 9.93. The number of nitrogens with one attached hydrogen (secondary N) is 1. The van der Waals surface area contributed by atoms with Crippen molar-refractivity contribution in [1.82, 2.24) is 0 Å². The van der Waals surface area contributed by atoms with Crippen molar-refractivity contribution in [2.75, 3.05) is 36.5 Å². The maximum atomic E-state index is 12.4. The van der Waals surface area contributed by atoms with Crippen LogP contribution < -0.4 is 15.0 Å². The Kier molecular flexibility index (Phi) is 7.08. The van der Waals surface area contributed by atoms with Gasteiger partial charge in [0.15, 0.2) is 12.2 Å². The lowest BCUT2D eigenvalue weighted by atomic mass is 10.2. The molecule has 29 heavy (non-hydrogen) atoms. The van der Waals surface area contributed by atoms with Gasteiger partial charge in [0, 0.05) is 24.5 Å². The van der Waals surface area contributed by atoms with Crippen LogP contribution in [0, 0.1) is 0 Å². The summed E-state index contributed by atoms with van der Waals surface area (Å²) in [6, 6.07) is 16.6. The van der Waals surface area contributed by atoms with Crippen molar-refractivity contribution in [2.45, 2.75) is 26.1 Å². The zero-order chi connectivity index (χ0) is 20.6. The number of rotatable bonds is 7. The Bertz CT molecular complexity index is 804. The molecule has 154 valence electrons. The molecule has 1 N–H and O–H groups in total. The highest BCUT2D eigenvalue weighted by molar-refractivity contribution is 5.95. The van der Waals surface area contributed by atoms with Gasteiger partial charge in [-0.15, -0.1) is 0 Å². The van der Waals surface area contributed by atoms with E-state index in [1.807, 2.05) is 42.5 Å². The van der Waals surface area contributed by atoms with Crippen molar-refractivity contribution in [3.63, 3.8) is 0 Å². The van der Waals surface area contributed by atoms with E-state index in [4.69, 9.17) is 14.2 Å². The maximum Gasteiger partial charge on any atom is 0.347 e. The molecule has 2 atom stereocenters. The molecule has 0 spiro atoms. The molecule has 1 fully saturated rings. The highest BCUT2D eigenvalue weighted by Gasteiger charge is 2.23. The summed E-state index contributed by atoms with van der Waals surface area (Å²) in [5, 5.41) is 2.77. The first-order valence-electron chi connectivity index (χ1n) is 9.69. The van der Waals surface area contributed by atoms with Crippen molar-refractivity contribution < 1.29 is 23.8 Å². The fraction of sp³-hybridized carbons (Fsp3) is 0.364. The number of hydrogen-bond acceptors (Lipinski definition) is 6. The number of benzene rings is 2. The number of ether oxygens (including phenoxy) is 3. The number of amides is 1. The first-order valence-corrected chi connectivity index (χ1v) is 9.69. The van der Waals surface area contributed by atoms with E-state index in [2.05, 4.69) is 10.2 Å². The Balaban J connectivity index is 1.48. The van der Waals surface area contributed by atoms with Crippen molar-refractivity contribution in [3.05, 3.63) is 54.6 Å². The Morgan fingerprint density at radius 3 is 2.28 bits per heavy atom. The van der Waals surface area contributed by atoms with Crippen molar-refractivity contribution >= 4 is 23.3 Å². The molecule has 0 aromatic heterocycles. The van der Waals surface area contributed by atoms with Crippen LogP contribution in [0.2, 0.25) is 0 Å². The molecule has 0 unspecified atom stereocenters. The summed E-state index contributed by atoms with van der Waals surface area (Å²) < 4.78 is 16.1. The van der Waals surface area contributed by atoms with Crippen molar-refractivity contribution in [2.24, 2.45) is 0 Å². The largest absolute Gasteiger partial charge is 0.479 e. The second-order valence-corrected chi connectivity index (χ2v) is 6.79. The van der Waals surface area contributed by atoms with E-state index in [9.17, 15) is 9.59 Å². The van der Waals surface area contributed by atoms with Gasteiger partial charge in [-0.05, 0) is 50.2 Å². The van der Waals surface area contributed by atoms with Gasteiger partial charge in [0.1, 0.15) is 5.75 Å². The zero-order valence-corrected chi connectivity index (χ0v) is 16.7. The van der Waals surface area contributed by atoms with Crippen LogP contribution in [0.1, 0.15) is 13.8 Å². The standard InChI is InChI=1S/C22H26N2O5/c1-16(29-22(26)17(2)28-20-6-4-3-5-7-20)21(25)23-18-8-10-19(11-9-18)24-12-14-27-15-13-24/h3-11,16-17H,12-15H2,1-2H3,(H,23,25)/t16-,17-/m1/s1. The third-order valence-corrected chi connectivity index (χ3v) is 4.56. The molecule has 1 aliphatic rings. The molecule has 2 aromatic rings. The van der Waals surface area contributed by atoms with Gasteiger partial charge < -0.3 is 24.4 Å². The fourth-order valence-electron chi connectivity index (χ4n) is 2.90. The number of hydrogen-bond donors (Lipinski definition) is 1. The van der Waals surface area contributed by atoms with E-state index >= 15 is 0 Å². The second-order valence-electron chi connectivity index (χ2n) is 6.79. The maximum absolute atomic E-state index is 12.4. The quantitative estimate of drug-likeness (QED) is 0.723. The first kappa shape index (κ1) is 20.7. The van der Waals surface area contributed by atoms with Crippen LogP contribution in [-0.4, -0.2) is 50.4 Å². The van der Waals surface area contributed by atoms with Gasteiger partial charge in [0.05, 0.1) is 13.2 Å². The van der Waals surface area contributed by atoms with Crippen LogP contribution in [0.5, 0.6) is 5.75 Å². The highest BCUT2D eigenvalue weighted by atomic mass is 16.6. The minimum atomic E-state index is -0.941. The zero-order valence-electron chi connectivity index (χ0n) is 16.7. The Labute approximate surface area is 170 Å². The van der Waals surface area contributed by atoms with E-state index < -0.39 is 24.1 Å². The molecule has 2 aromatic carbocycles. The highest BCUT2D eigenvalue weighted by Crippen LogP contribution is 2.19. The molecule has 1 aliphatic heterocycles. The number of para-hydroxylation sites is 1. The number of morpholine rings is 1. The number of anilines is 2. The third kappa shape index (κ3) is 5.96. The van der Waals surface area contributed by atoms with Crippen LogP contribution in [0.25, 0.3) is 0 Å². The molecule has 0 radical (unpaired) electrons. The van der Waals surface area contributed by atoms with Crippen molar-refractivity contribution in [1.29, 1.82) is 0 Å². The van der Waals surface area contributed by atoms with Gasteiger partial charge in [0.25, 0.3) is 5.91 Å².